The van der Waals surface area contributed by atoms with E-state index in [0.717, 1.165) is 37.0 Å². The maximum absolute atomic E-state index is 12.2. The van der Waals surface area contributed by atoms with Crippen LogP contribution in [0, 0.1) is 17.8 Å². The molecule has 0 aromatic carbocycles. The van der Waals surface area contributed by atoms with Gasteiger partial charge in [0.15, 0.2) is 6.04 Å². The van der Waals surface area contributed by atoms with E-state index in [1.807, 2.05) is 0 Å². The fraction of sp³-hybridized carbons (Fsp3) is 0.867. The van der Waals surface area contributed by atoms with E-state index in [4.69, 9.17) is 9.84 Å². The number of ether oxygens (including phenoxy) is 1. The van der Waals surface area contributed by atoms with Crippen LogP contribution in [0.3, 0.4) is 0 Å². The molecule has 4 aliphatic carbocycles. The Morgan fingerprint density at radius 1 is 1.19 bits per heavy atom. The Morgan fingerprint density at radius 3 is 2.14 bits per heavy atom. The highest BCUT2D eigenvalue weighted by molar-refractivity contribution is 5.83. The van der Waals surface area contributed by atoms with E-state index in [9.17, 15) is 9.59 Å². The third-order valence-electron chi connectivity index (χ3n) is 5.35. The number of carboxylic acid groups (broad SMARTS) is 1. The summed E-state index contributed by atoms with van der Waals surface area (Å²) in [6, 6.07) is -1.37. The van der Waals surface area contributed by atoms with Crippen LogP contribution >= 0.6 is 0 Å². The number of amides is 2. The summed E-state index contributed by atoms with van der Waals surface area (Å²) in [5.74, 6) is 1.15. The summed E-state index contributed by atoms with van der Waals surface area (Å²) in [5, 5.41) is 14.7. The second kappa shape index (κ2) is 5.48. The van der Waals surface area contributed by atoms with Crippen molar-refractivity contribution in [3.63, 3.8) is 0 Å². The number of carboxylic acids is 1. The lowest BCUT2D eigenvalue weighted by atomic mass is 9.53. The normalized spacial score (nSPS) is 38.0. The van der Waals surface area contributed by atoms with Gasteiger partial charge in [-0.15, -0.1) is 0 Å². The van der Waals surface area contributed by atoms with E-state index in [1.54, 1.807) is 0 Å². The predicted octanol–water partition coefficient (Wildman–Crippen LogP) is 1.35. The average molecular weight is 296 g/mol. The third kappa shape index (κ3) is 3.00. The van der Waals surface area contributed by atoms with Gasteiger partial charge >= 0.3 is 12.0 Å². The topological polar surface area (TPSA) is 87.7 Å². The van der Waals surface area contributed by atoms with Crippen molar-refractivity contribution in [1.29, 1.82) is 0 Å². The number of rotatable bonds is 5. The van der Waals surface area contributed by atoms with E-state index < -0.39 is 12.0 Å². The molecule has 6 heteroatoms. The molecule has 0 spiro atoms. The molecule has 0 aliphatic heterocycles. The van der Waals surface area contributed by atoms with Crippen LogP contribution in [0.15, 0.2) is 0 Å². The van der Waals surface area contributed by atoms with Gasteiger partial charge < -0.3 is 20.5 Å². The highest BCUT2D eigenvalue weighted by atomic mass is 16.5. The average Bonchev–Trinajstić information content (AvgIpc) is 2.35. The molecule has 1 unspecified atom stereocenters. The molecule has 4 fully saturated rings. The zero-order valence-electron chi connectivity index (χ0n) is 12.4. The molecule has 1 atom stereocenters. The van der Waals surface area contributed by atoms with Gasteiger partial charge in [0.25, 0.3) is 0 Å². The Morgan fingerprint density at radius 2 is 1.71 bits per heavy atom. The van der Waals surface area contributed by atoms with Crippen LogP contribution in [-0.4, -0.2) is 42.4 Å². The first-order chi connectivity index (χ1) is 9.99. The number of hydrogen-bond acceptors (Lipinski definition) is 3. The Bertz CT molecular complexity index is 402. The molecule has 4 bridgehead atoms. The molecular weight excluding hydrogens is 272 g/mol. The highest BCUT2D eigenvalue weighted by Gasteiger charge is 2.51. The van der Waals surface area contributed by atoms with E-state index in [1.165, 1.54) is 26.4 Å². The minimum Gasteiger partial charge on any atom is -0.480 e. The number of urea groups is 1. The number of methoxy groups -OCH3 is 1. The molecule has 2 amide bonds. The van der Waals surface area contributed by atoms with E-state index in [-0.39, 0.29) is 18.2 Å². The van der Waals surface area contributed by atoms with Crippen molar-refractivity contribution >= 4 is 12.0 Å². The van der Waals surface area contributed by atoms with Gasteiger partial charge in [0, 0.05) is 12.6 Å². The lowest BCUT2D eigenvalue weighted by Crippen LogP contribution is -2.62. The predicted molar refractivity (Wildman–Crippen MR) is 75.9 cm³/mol. The summed E-state index contributed by atoms with van der Waals surface area (Å²) >= 11 is 0. The van der Waals surface area contributed by atoms with Crippen LogP contribution in [0.2, 0.25) is 0 Å². The van der Waals surface area contributed by atoms with Gasteiger partial charge in [-0.3, -0.25) is 0 Å². The number of carbonyl (C=O) groups is 2. The monoisotopic (exact) mass is 296 g/mol. The van der Waals surface area contributed by atoms with Crippen LogP contribution in [0.1, 0.15) is 38.5 Å². The van der Waals surface area contributed by atoms with E-state index >= 15 is 0 Å². The minimum atomic E-state index is -1.07. The summed E-state index contributed by atoms with van der Waals surface area (Å²) in [6.07, 6.45) is 7.08. The van der Waals surface area contributed by atoms with Crippen LogP contribution in [0.5, 0.6) is 0 Å². The van der Waals surface area contributed by atoms with Crippen LogP contribution in [0.4, 0.5) is 4.79 Å². The fourth-order valence-electron chi connectivity index (χ4n) is 5.04. The van der Waals surface area contributed by atoms with Gasteiger partial charge in [-0.05, 0) is 56.3 Å². The Hall–Kier alpha value is -1.30. The van der Waals surface area contributed by atoms with Gasteiger partial charge in [-0.25, -0.2) is 9.59 Å². The maximum Gasteiger partial charge on any atom is 0.328 e. The lowest BCUT2D eigenvalue weighted by molar-refractivity contribution is -0.140. The van der Waals surface area contributed by atoms with Gasteiger partial charge in [-0.2, -0.15) is 0 Å². The standard InChI is InChI=1S/C15H24N2O4/c1-21-8-12(13(18)19)16-14(20)17-15-5-9-2-10(6-15)4-11(3-9)7-15/h9-12H,2-8H2,1H3,(H,18,19)(H2,16,17,20). The quantitative estimate of drug-likeness (QED) is 0.714. The second-order valence-electron chi connectivity index (χ2n) is 7.14. The zero-order valence-corrected chi connectivity index (χ0v) is 12.4. The molecule has 6 nitrogen and oxygen atoms in total. The first-order valence-corrected chi connectivity index (χ1v) is 7.80. The number of carbonyl (C=O) groups excluding carboxylic acids is 1. The molecule has 4 saturated carbocycles. The number of nitrogens with one attached hydrogen (secondary N) is 2. The van der Waals surface area contributed by atoms with Gasteiger partial charge in [0.1, 0.15) is 0 Å². The zero-order chi connectivity index (χ0) is 15.0. The van der Waals surface area contributed by atoms with Crippen molar-refractivity contribution in [2.24, 2.45) is 17.8 Å². The Balaban J connectivity index is 1.61. The van der Waals surface area contributed by atoms with Crippen molar-refractivity contribution in [2.45, 2.75) is 50.1 Å². The fourth-order valence-corrected chi connectivity index (χ4v) is 5.04. The van der Waals surface area contributed by atoms with Crippen molar-refractivity contribution in [3.8, 4) is 0 Å². The summed E-state index contributed by atoms with van der Waals surface area (Å²) < 4.78 is 4.84. The minimum absolute atomic E-state index is 0.0242. The van der Waals surface area contributed by atoms with Crippen LogP contribution in [-0.2, 0) is 9.53 Å². The molecule has 21 heavy (non-hydrogen) atoms. The Kier molecular flexibility index (Phi) is 3.82. The molecule has 0 saturated heterocycles. The van der Waals surface area contributed by atoms with Crippen molar-refractivity contribution in [3.05, 3.63) is 0 Å². The molecular formula is C15H24N2O4. The molecule has 3 N–H and O–H groups in total. The third-order valence-corrected chi connectivity index (χ3v) is 5.35. The number of aliphatic carboxylic acids is 1. The SMILES string of the molecule is COCC(NC(=O)NC12CC3CC(CC(C3)C1)C2)C(=O)O. The molecule has 4 aliphatic rings. The van der Waals surface area contributed by atoms with Crippen molar-refractivity contribution < 1.29 is 19.4 Å². The van der Waals surface area contributed by atoms with Crippen molar-refractivity contribution in [1.82, 2.24) is 10.6 Å². The molecule has 0 heterocycles. The van der Waals surface area contributed by atoms with E-state index in [0.29, 0.717) is 0 Å². The first kappa shape index (κ1) is 14.6. The van der Waals surface area contributed by atoms with E-state index in [2.05, 4.69) is 10.6 Å². The van der Waals surface area contributed by atoms with Crippen molar-refractivity contribution in [2.75, 3.05) is 13.7 Å². The van der Waals surface area contributed by atoms with Gasteiger partial charge in [0.05, 0.1) is 6.61 Å². The van der Waals surface area contributed by atoms with Gasteiger partial charge in [-0.1, -0.05) is 0 Å². The summed E-state index contributed by atoms with van der Waals surface area (Å²) in [4.78, 5) is 23.2. The molecule has 0 radical (unpaired) electrons. The lowest BCUT2D eigenvalue weighted by Gasteiger charge is -2.56. The largest absolute Gasteiger partial charge is 0.480 e. The smallest absolute Gasteiger partial charge is 0.328 e. The second-order valence-corrected chi connectivity index (χ2v) is 7.14. The maximum atomic E-state index is 12.2. The molecule has 0 aromatic rings. The van der Waals surface area contributed by atoms with Gasteiger partial charge in [0.2, 0.25) is 0 Å². The molecule has 118 valence electrons. The number of hydrogen-bond donors (Lipinski definition) is 3. The summed E-state index contributed by atoms with van der Waals surface area (Å²) in [6.45, 7) is -0.0242. The summed E-state index contributed by atoms with van der Waals surface area (Å²) in [5.41, 5.74) is -0.102. The molecule has 0 aromatic heterocycles. The molecule has 4 rings (SSSR count). The Labute approximate surface area is 124 Å². The first-order valence-electron chi connectivity index (χ1n) is 7.80. The highest BCUT2D eigenvalue weighted by Crippen LogP contribution is 2.55. The van der Waals surface area contributed by atoms with Crippen LogP contribution < -0.4 is 10.6 Å². The summed E-state index contributed by atoms with van der Waals surface area (Å²) in [7, 11) is 1.43. The van der Waals surface area contributed by atoms with Crippen LogP contribution in [0.25, 0.3) is 0 Å².